The zero-order valence-electron chi connectivity index (χ0n) is 17.5. The lowest BCUT2D eigenvalue weighted by Crippen LogP contribution is -2.43. The van der Waals surface area contributed by atoms with E-state index in [-0.39, 0.29) is 18.5 Å². The van der Waals surface area contributed by atoms with Crippen LogP contribution in [0.2, 0.25) is 0 Å². The van der Waals surface area contributed by atoms with Crippen molar-refractivity contribution in [1.29, 1.82) is 0 Å². The molecule has 0 unspecified atom stereocenters. The number of amides is 1. The van der Waals surface area contributed by atoms with E-state index in [9.17, 15) is 32.3 Å². The summed E-state index contributed by atoms with van der Waals surface area (Å²) in [5.74, 6) is -1.50. The zero-order valence-corrected chi connectivity index (χ0v) is 17.5. The van der Waals surface area contributed by atoms with E-state index in [0.717, 1.165) is 17.0 Å². The van der Waals surface area contributed by atoms with Crippen LogP contribution in [-0.4, -0.2) is 39.5 Å². The van der Waals surface area contributed by atoms with Crippen LogP contribution in [0.5, 0.6) is 0 Å². The molecule has 1 N–H and O–H groups in total. The number of fused-ring (bicyclic) bond motifs is 1. The first-order chi connectivity index (χ1) is 15.6. The lowest BCUT2D eigenvalue weighted by atomic mass is 10.1. The maximum Gasteiger partial charge on any atom is 0.416 e. The lowest BCUT2D eigenvalue weighted by molar-refractivity contribution is -0.149. The Labute approximate surface area is 185 Å². The third-order valence-corrected chi connectivity index (χ3v) is 4.82. The molecule has 2 aromatic carbocycles. The fraction of sp³-hybridized carbons (Fsp3) is 0.273. The number of ether oxygens (including phenoxy) is 1. The van der Waals surface area contributed by atoms with Crippen molar-refractivity contribution >= 4 is 22.8 Å². The van der Waals surface area contributed by atoms with E-state index in [2.05, 4.69) is 4.98 Å². The van der Waals surface area contributed by atoms with Crippen molar-refractivity contribution in [3.63, 3.8) is 0 Å². The Morgan fingerprint density at radius 2 is 1.73 bits per heavy atom. The van der Waals surface area contributed by atoms with Crippen molar-refractivity contribution in [3.8, 4) is 0 Å². The summed E-state index contributed by atoms with van der Waals surface area (Å²) in [5, 5.41) is 0.199. The van der Waals surface area contributed by atoms with Crippen LogP contribution < -0.4 is 11.2 Å². The van der Waals surface area contributed by atoms with Crippen LogP contribution in [0, 0.1) is 0 Å². The van der Waals surface area contributed by atoms with Gasteiger partial charge in [0.25, 0.3) is 5.56 Å². The number of aromatic amines is 1. The lowest BCUT2D eigenvalue weighted by Gasteiger charge is -2.22. The van der Waals surface area contributed by atoms with Crippen molar-refractivity contribution in [2.45, 2.75) is 26.2 Å². The van der Waals surface area contributed by atoms with Crippen LogP contribution in [0.4, 0.5) is 13.2 Å². The van der Waals surface area contributed by atoms with Gasteiger partial charge in [-0.15, -0.1) is 0 Å². The number of H-pyrrole nitrogens is 1. The summed E-state index contributed by atoms with van der Waals surface area (Å²) < 4.78 is 44.0. The minimum atomic E-state index is -4.52. The van der Waals surface area contributed by atoms with E-state index in [4.69, 9.17) is 4.74 Å². The fourth-order valence-electron chi connectivity index (χ4n) is 3.19. The van der Waals surface area contributed by atoms with E-state index in [1.807, 2.05) is 0 Å². The van der Waals surface area contributed by atoms with Gasteiger partial charge >= 0.3 is 17.8 Å². The first-order valence-corrected chi connectivity index (χ1v) is 9.91. The maximum atomic E-state index is 12.9. The van der Waals surface area contributed by atoms with Gasteiger partial charge in [-0.05, 0) is 36.8 Å². The van der Waals surface area contributed by atoms with Crippen LogP contribution in [0.1, 0.15) is 18.1 Å². The average Bonchev–Trinajstić information content (AvgIpc) is 2.76. The summed E-state index contributed by atoms with van der Waals surface area (Å²) >= 11 is 0. The second-order valence-corrected chi connectivity index (χ2v) is 7.12. The smallest absolute Gasteiger partial charge is 0.416 e. The number of carbonyl (C=O) groups is 2. The minimum absolute atomic E-state index is 0.0605. The predicted molar refractivity (Wildman–Crippen MR) is 112 cm³/mol. The normalized spacial score (nSPS) is 11.4. The highest BCUT2D eigenvalue weighted by Crippen LogP contribution is 2.29. The van der Waals surface area contributed by atoms with Gasteiger partial charge in [0, 0.05) is 6.54 Å². The van der Waals surface area contributed by atoms with Crippen LogP contribution in [-0.2, 0) is 33.6 Å². The first-order valence-electron chi connectivity index (χ1n) is 9.91. The molecule has 8 nitrogen and oxygen atoms in total. The average molecular weight is 463 g/mol. The Morgan fingerprint density at radius 3 is 2.36 bits per heavy atom. The molecule has 1 aromatic heterocycles. The topological polar surface area (TPSA) is 101 Å². The molecule has 0 radical (unpaired) electrons. The highest BCUT2D eigenvalue weighted by Gasteiger charge is 2.30. The van der Waals surface area contributed by atoms with Gasteiger partial charge in [0.05, 0.1) is 23.1 Å². The summed E-state index contributed by atoms with van der Waals surface area (Å²) in [6, 6.07) is 10.4. The summed E-state index contributed by atoms with van der Waals surface area (Å²) in [5.41, 5.74) is -1.72. The molecular weight excluding hydrogens is 443 g/mol. The number of benzene rings is 2. The largest absolute Gasteiger partial charge is 0.465 e. The number of esters is 1. The van der Waals surface area contributed by atoms with E-state index in [1.165, 1.54) is 18.2 Å². The van der Waals surface area contributed by atoms with Gasteiger partial charge in [0.1, 0.15) is 13.1 Å². The van der Waals surface area contributed by atoms with Gasteiger partial charge in [0.15, 0.2) is 0 Å². The standard InChI is InChI=1S/C22H20F3N3O5/c1-2-33-19(30)13-27(11-14-7-9-15(10-8-14)22(23,24)25)18(29)12-28-20(31)16-5-3-4-6-17(16)26-21(28)32/h3-10H,2,11-13H2,1H3,(H,26,32). The molecule has 0 saturated carbocycles. The number of hydrogen-bond donors (Lipinski definition) is 1. The molecule has 3 rings (SSSR count). The molecule has 0 atom stereocenters. The molecule has 1 amide bonds. The predicted octanol–water partition coefficient (Wildman–Crippen LogP) is 2.30. The number of para-hydroxylation sites is 1. The number of rotatable bonds is 7. The molecule has 0 bridgehead atoms. The minimum Gasteiger partial charge on any atom is -0.465 e. The Kier molecular flexibility index (Phi) is 7.00. The summed E-state index contributed by atoms with van der Waals surface area (Å²) in [6.45, 7) is 0.238. The van der Waals surface area contributed by atoms with Gasteiger partial charge in [-0.2, -0.15) is 13.2 Å². The third-order valence-electron chi connectivity index (χ3n) is 4.82. The number of alkyl halides is 3. The number of nitrogens with one attached hydrogen (secondary N) is 1. The van der Waals surface area contributed by atoms with E-state index in [1.54, 1.807) is 25.1 Å². The molecule has 33 heavy (non-hydrogen) atoms. The van der Waals surface area contributed by atoms with Gasteiger partial charge in [-0.3, -0.25) is 19.0 Å². The zero-order chi connectivity index (χ0) is 24.2. The van der Waals surface area contributed by atoms with Crippen molar-refractivity contribution < 1.29 is 27.5 Å². The molecule has 11 heteroatoms. The number of halogens is 3. The number of carbonyl (C=O) groups excluding carboxylic acids is 2. The molecule has 0 aliphatic heterocycles. The molecule has 1 heterocycles. The highest BCUT2D eigenvalue weighted by molar-refractivity contribution is 5.82. The van der Waals surface area contributed by atoms with Crippen LogP contribution in [0.3, 0.4) is 0 Å². The fourth-order valence-corrected chi connectivity index (χ4v) is 3.19. The molecule has 0 aliphatic rings. The Hall–Kier alpha value is -3.89. The quantitative estimate of drug-likeness (QED) is 0.542. The summed E-state index contributed by atoms with van der Waals surface area (Å²) in [7, 11) is 0. The van der Waals surface area contributed by atoms with Crippen molar-refractivity contribution in [1.82, 2.24) is 14.5 Å². The Balaban J connectivity index is 1.88. The number of nitrogens with zero attached hydrogens (tertiary/aromatic N) is 2. The van der Waals surface area contributed by atoms with E-state index < -0.39 is 48.0 Å². The van der Waals surface area contributed by atoms with Gasteiger partial charge in [-0.1, -0.05) is 24.3 Å². The van der Waals surface area contributed by atoms with Crippen molar-refractivity contribution in [3.05, 3.63) is 80.5 Å². The van der Waals surface area contributed by atoms with Gasteiger partial charge in [-0.25, -0.2) is 4.79 Å². The van der Waals surface area contributed by atoms with E-state index in [0.29, 0.717) is 15.6 Å². The molecular formula is C22H20F3N3O5. The highest BCUT2D eigenvalue weighted by atomic mass is 19.4. The number of aromatic nitrogens is 2. The maximum absolute atomic E-state index is 12.9. The van der Waals surface area contributed by atoms with Gasteiger partial charge < -0.3 is 14.6 Å². The molecule has 3 aromatic rings. The van der Waals surface area contributed by atoms with Crippen LogP contribution >= 0.6 is 0 Å². The molecule has 174 valence electrons. The second kappa shape index (κ2) is 9.72. The van der Waals surface area contributed by atoms with Crippen molar-refractivity contribution in [2.75, 3.05) is 13.2 Å². The molecule has 0 aliphatic carbocycles. The molecule has 0 fully saturated rings. The SMILES string of the molecule is CCOC(=O)CN(Cc1ccc(C(F)(F)F)cc1)C(=O)Cn1c(=O)[nH]c2ccccc2c1=O. The second-order valence-electron chi connectivity index (χ2n) is 7.12. The summed E-state index contributed by atoms with van der Waals surface area (Å²) in [4.78, 5) is 53.5. The monoisotopic (exact) mass is 463 g/mol. The van der Waals surface area contributed by atoms with Crippen LogP contribution in [0.15, 0.2) is 58.1 Å². The Morgan fingerprint density at radius 1 is 1.06 bits per heavy atom. The molecule has 0 saturated heterocycles. The van der Waals surface area contributed by atoms with Crippen LogP contribution in [0.25, 0.3) is 10.9 Å². The molecule has 0 spiro atoms. The first kappa shape index (κ1) is 23.8. The van der Waals surface area contributed by atoms with Crippen molar-refractivity contribution in [2.24, 2.45) is 0 Å². The Bertz CT molecular complexity index is 1280. The van der Waals surface area contributed by atoms with E-state index >= 15 is 0 Å². The third kappa shape index (κ3) is 5.68. The number of hydrogen-bond acceptors (Lipinski definition) is 5. The van der Waals surface area contributed by atoms with Gasteiger partial charge in [0.2, 0.25) is 5.91 Å². The summed E-state index contributed by atoms with van der Waals surface area (Å²) in [6.07, 6.45) is -4.52.